The molecule has 12 heteroatoms. The van der Waals surface area contributed by atoms with Gasteiger partial charge in [0.25, 0.3) is 0 Å². The van der Waals surface area contributed by atoms with Crippen LogP contribution in [0.4, 0.5) is 34.3 Å². The first-order chi connectivity index (χ1) is 16.8. The number of alkyl halides is 3. The first kappa shape index (κ1) is 27.0. The van der Waals surface area contributed by atoms with Crippen LogP contribution in [0.15, 0.2) is 30.6 Å². The Morgan fingerprint density at radius 3 is 2.53 bits per heavy atom. The second-order valence-corrected chi connectivity index (χ2v) is 9.58. The quantitative estimate of drug-likeness (QED) is 0.554. The fourth-order valence-corrected chi connectivity index (χ4v) is 3.56. The number of anilines is 2. The van der Waals surface area contributed by atoms with E-state index in [1.807, 2.05) is 0 Å². The fourth-order valence-electron chi connectivity index (χ4n) is 3.56. The average Bonchev–Trinajstić information content (AvgIpc) is 2.78. The molecule has 1 aromatic heterocycles. The van der Waals surface area contributed by atoms with Gasteiger partial charge in [-0.2, -0.15) is 13.2 Å². The lowest BCUT2D eigenvalue weighted by Crippen LogP contribution is -2.44. The van der Waals surface area contributed by atoms with E-state index in [2.05, 4.69) is 20.6 Å². The highest BCUT2D eigenvalue weighted by Gasteiger charge is 2.32. The molecular formula is C24H30F3N5O4. The van der Waals surface area contributed by atoms with Gasteiger partial charge in [-0.05, 0) is 58.7 Å². The Morgan fingerprint density at radius 2 is 1.89 bits per heavy atom. The molecule has 9 nitrogen and oxygen atoms in total. The van der Waals surface area contributed by atoms with Crippen molar-refractivity contribution in [1.82, 2.24) is 14.9 Å². The highest BCUT2D eigenvalue weighted by molar-refractivity contribution is 6.00. The van der Waals surface area contributed by atoms with Crippen LogP contribution in [0.1, 0.15) is 44.9 Å². The minimum absolute atomic E-state index is 0.0573. The van der Waals surface area contributed by atoms with Crippen LogP contribution in [0.2, 0.25) is 0 Å². The summed E-state index contributed by atoms with van der Waals surface area (Å²) in [6, 6.07) is 2.06. The fraction of sp³-hybridized carbons (Fsp3) is 0.500. The number of aryl methyl sites for hydroxylation is 1. The summed E-state index contributed by atoms with van der Waals surface area (Å²) >= 11 is 0. The minimum Gasteiger partial charge on any atom is -0.491 e. The Labute approximate surface area is 207 Å². The molecule has 1 atom stereocenters. The van der Waals surface area contributed by atoms with E-state index < -0.39 is 29.5 Å². The van der Waals surface area contributed by atoms with E-state index >= 15 is 0 Å². The molecule has 1 unspecified atom stereocenters. The largest absolute Gasteiger partial charge is 0.491 e. The molecule has 0 bridgehead atoms. The number of carbonyl (C=O) groups is 2. The van der Waals surface area contributed by atoms with Gasteiger partial charge < -0.3 is 19.7 Å². The molecule has 1 fully saturated rings. The van der Waals surface area contributed by atoms with Crippen molar-refractivity contribution in [3.63, 3.8) is 0 Å². The molecule has 0 aliphatic carbocycles. The van der Waals surface area contributed by atoms with E-state index in [9.17, 15) is 22.8 Å². The Morgan fingerprint density at radius 1 is 1.14 bits per heavy atom. The van der Waals surface area contributed by atoms with Crippen LogP contribution in [-0.2, 0) is 10.9 Å². The lowest BCUT2D eigenvalue weighted by molar-refractivity contribution is -0.137. The Bertz CT molecular complexity index is 1070. The van der Waals surface area contributed by atoms with Gasteiger partial charge in [-0.3, -0.25) is 10.3 Å². The van der Waals surface area contributed by atoms with Crippen LogP contribution < -0.4 is 15.4 Å². The van der Waals surface area contributed by atoms with Crippen LogP contribution >= 0.6 is 0 Å². The molecule has 0 radical (unpaired) electrons. The number of benzene rings is 1. The SMILES string of the molecule is Cc1cnc(NC(=O)Nc2cc(C(F)(F)F)ccc2OCC2CCCN(C(=O)OC(C)(C)C)C2)cn1. The van der Waals surface area contributed by atoms with E-state index in [-0.39, 0.29) is 29.8 Å². The van der Waals surface area contributed by atoms with Crippen molar-refractivity contribution in [1.29, 1.82) is 0 Å². The van der Waals surface area contributed by atoms with Crippen molar-refractivity contribution in [2.45, 2.75) is 52.3 Å². The maximum Gasteiger partial charge on any atom is 0.416 e. The van der Waals surface area contributed by atoms with Gasteiger partial charge in [-0.1, -0.05) is 0 Å². The standard InChI is InChI=1S/C24H30F3N5O4/c1-15-11-29-20(12-28-15)31-21(33)30-18-10-17(24(25,26)27)7-8-19(18)35-14-16-6-5-9-32(13-16)22(34)36-23(2,3)4/h7-8,10-12,16H,5-6,9,13-14H2,1-4H3,(H2,29,30,31,33). The van der Waals surface area contributed by atoms with Crippen LogP contribution in [-0.4, -0.2) is 52.3 Å². The van der Waals surface area contributed by atoms with Gasteiger partial charge in [0.15, 0.2) is 5.82 Å². The Hall–Kier alpha value is -3.57. The number of urea groups is 1. The number of likely N-dealkylation sites (tertiary alicyclic amines) is 1. The molecule has 2 N–H and O–H groups in total. The highest BCUT2D eigenvalue weighted by Crippen LogP contribution is 2.35. The number of carbonyl (C=O) groups excluding carboxylic acids is 2. The summed E-state index contributed by atoms with van der Waals surface area (Å²) in [7, 11) is 0. The summed E-state index contributed by atoms with van der Waals surface area (Å²) in [6.45, 7) is 8.18. The third kappa shape index (κ3) is 7.99. The zero-order valence-electron chi connectivity index (χ0n) is 20.6. The Kier molecular flexibility index (Phi) is 8.26. The van der Waals surface area contributed by atoms with Gasteiger partial charge in [0, 0.05) is 19.0 Å². The second-order valence-electron chi connectivity index (χ2n) is 9.58. The van der Waals surface area contributed by atoms with Gasteiger partial charge >= 0.3 is 18.3 Å². The van der Waals surface area contributed by atoms with Gasteiger partial charge in [-0.25, -0.2) is 14.6 Å². The van der Waals surface area contributed by atoms with Crippen LogP contribution in [0.3, 0.4) is 0 Å². The molecule has 2 aromatic rings. The highest BCUT2D eigenvalue weighted by atomic mass is 19.4. The lowest BCUT2D eigenvalue weighted by Gasteiger charge is -2.34. The maximum absolute atomic E-state index is 13.3. The average molecular weight is 510 g/mol. The van der Waals surface area contributed by atoms with E-state index in [4.69, 9.17) is 9.47 Å². The summed E-state index contributed by atoms with van der Waals surface area (Å²) in [5.74, 6) is 0.151. The number of nitrogens with one attached hydrogen (secondary N) is 2. The minimum atomic E-state index is -4.61. The molecule has 196 valence electrons. The third-order valence-electron chi connectivity index (χ3n) is 5.22. The number of rotatable bonds is 5. The van der Waals surface area contributed by atoms with Gasteiger partial charge in [0.2, 0.25) is 0 Å². The van der Waals surface area contributed by atoms with Crippen molar-refractivity contribution in [3.8, 4) is 5.75 Å². The monoisotopic (exact) mass is 509 g/mol. The first-order valence-corrected chi connectivity index (χ1v) is 11.5. The summed E-state index contributed by atoms with van der Waals surface area (Å²) in [5.41, 5.74) is -1.06. The van der Waals surface area contributed by atoms with Crippen molar-refractivity contribution in [3.05, 3.63) is 41.9 Å². The lowest BCUT2D eigenvalue weighted by atomic mass is 9.99. The normalized spacial score (nSPS) is 16.3. The van der Waals surface area contributed by atoms with E-state index in [0.717, 1.165) is 25.0 Å². The topological polar surface area (TPSA) is 106 Å². The third-order valence-corrected chi connectivity index (χ3v) is 5.22. The molecule has 0 spiro atoms. The molecule has 1 aliphatic rings. The number of aromatic nitrogens is 2. The number of hydrogen-bond acceptors (Lipinski definition) is 6. The first-order valence-electron chi connectivity index (χ1n) is 11.5. The number of halogens is 3. The number of amides is 3. The van der Waals surface area contributed by atoms with Crippen molar-refractivity contribution >= 4 is 23.6 Å². The maximum atomic E-state index is 13.3. The molecule has 36 heavy (non-hydrogen) atoms. The number of ether oxygens (including phenoxy) is 2. The molecule has 1 aliphatic heterocycles. The molecule has 1 saturated heterocycles. The predicted molar refractivity (Wildman–Crippen MR) is 127 cm³/mol. The molecule has 3 rings (SSSR count). The van der Waals surface area contributed by atoms with Crippen molar-refractivity contribution in [2.24, 2.45) is 5.92 Å². The number of hydrogen-bond donors (Lipinski definition) is 2. The zero-order valence-corrected chi connectivity index (χ0v) is 20.6. The van der Waals surface area contributed by atoms with Crippen molar-refractivity contribution in [2.75, 3.05) is 30.3 Å². The van der Waals surface area contributed by atoms with Crippen LogP contribution in [0, 0.1) is 12.8 Å². The molecule has 1 aromatic carbocycles. The van der Waals surface area contributed by atoms with E-state index in [1.165, 1.54) is 18.5 Å². The van der Waals surface area contributed by atoms with Gasteiger partial charge in [0.05, 0.1) is 35.9 Å². The second kappa shape index (κ2) is 11.0. The number of nitrogens with zero attached hydrogens (tertiary/aromatic N) is 3. The predicted octanol–water partition coefficient (Wildman–Crippen LogP) is 5.47. The summed E-state index contributed by atoms with van der Waals surface area (Å²) in [5, 5.41) is 4.83. The van der Waals surface area contributed by atoms with E-state index in [0.29, 0.717) is 18.8 Å². The van der Waals surface area contributed by atoms with Gasteiger partial charge in [-0.15, -0.1) is 0 Å². The molecule has 2 heterocycles. The zero-order chi connectivity index (χ0) is 26.5. The van der Waals surface area contributed by atoms with Crippen LogP contribution in [0.25, 0.3) is 0 Å². The number of piperidine rings is 1. The van der Waals surface area contributed by atoms with Crippen molar-refractivity contribution < 1.29 is 32.2 Å². The Balaban J connectivity index is 1.69. The molecular weight excluding hydrogens is 479 g/mol. The molecule has 0 saturated carbocycles. The smallest absolute Gasteiger partial charge is 0.416 e. The van der Waals surface area contributed by atoms with E-state index in [1.54, 1.807) is 32.6 Å². The molecule has 3 amide bonds. The summed E-state index contributed by atoms with van der Waals surface area (Å²) in [4.78, 5) is 34.4. The van der Waals surface area contributed by atoms with Crippen LogP contribution in [0.5, 0.6) is 5.75 Å². The summed E-state index contributed by atoms with van der Waals surface area (Å²) < 4.78 is 51.1. The summed E-state index contributed by atoms with van der Waals surface area (Å²) in [6.07, 6.45) is -0.733. The van der Waals surface area contributed by atoms with Gasteiger partial charge in [0.1, 0.15) is 11.4 Å².